The van der Waals surface area contributed by atoms with Gasteiger partial charge in [0.1, 0.15) is 0 Å². The van der Waals surface area contributed by atoms with Gasteiger partial charge >= 0.3 is 0 Å². The Balaban J connectivity index is 4.15. The van der Waals surface area contributed by atoms with Crippen molar-refractivity contribution >= 4 is 0 Å². The maximum absolute atomic E-state index is 10.3. The van der Waals surface area contributed by atoms with Gasteiger partial charge in [-0.15, -0.1) is 0 Å². The maximum atomic E-state index is 10.3. The van der Waals surface area contributed by atoms with Gasteiger partial charge in [-0.25, -0.2) is 0 Å². The van der Waals surface area contributed by atoms with Crippen molar-refractivity contribution in [3.8, 4) is 0 Å². The zero-order valence-electron chi connectivity index (χ0n) is 11.2. The van der Waals surface area contributed by atoms with Crippen molar-refractivity contribution in [2.75, 3.05) is 47.1 Å². The number of aliphatic hydroxyl groups is 1. The Bertz CT molecular complexity index is 152. The number of hydrogen-bond acceptors (Lipinski definition) is 4. The van der Waals surface area contributed by atoms with Crippen LogP contribution >= 0.6 is 0 Å². The van der Waals surface area contributed by atoms with E-state index in [1.807, 2.05) is 13.8 Å². The van der Waals surface area contributed by atoms with E-state index in [1.54, 1.807) is 14.2 Å². The smallest absolute Gasteiger partial charge is 0.0768 e. The normalized spacial score (nSPS) is 12.4. The summed E-state index contributed by atoms with van der Waals surface area (Å²) in [5.41, 5.74) is -0.582. The summed E-state index contributed by atoms with van der Waals surface area (Å²) in [5, 5.41) is 10.3. The summed E-state index contributed by atoms with van der Waals surface area (Å²) in [4.78, 5) is 2.19. The average Bonchev–Trinajstić information content (AvgIpc) is 2.32. The van der Waals surface area contributed by atoms with Crippen molar-refractivity contribution in [1.29, 1.82) is 0 Å². The molecule has 0 aliphatic rings. The lowest BCUT2D eigenvalue weighted by Crippen LogP contribution is -2.44. The Morgan fingerprint density at radius 2 is 1.44 bits per heavy atom. The summed E-state index contributed by atoms with van der Waals surface area (Å²) >= 11 is 0. The van der Waals surface area contributed by atoms with Crippen LogP contribution in [0.4, 0.5) is 0 Å². The molecule has 0 bridgehead atoms. The van der Waals surface area contributed by atoms with E-state index in [0.29, 0.717) is 19.8 Å². The Hall–Kier alpha value is -0.160. The molecule has 16 heavy (non-hydrogen) atoms. The second kappa shape index (κ2) is 8.93. The highest BCUT2D eigenvalue weighted by Gasteiger charge is 2.25. The highest BCUT2D eigenvalue weighted by Crippen LogP contribution is 2.16. The van der Waals surface area contributed by atoms with E-state index in [-0.39, 0.29) is 0 Å². The van der Waals surface area contributed by atoms with Gasteiger partial charge in [0.2, 0.25) is 0 Å². The van der Waals surface area contributed by atoms with Gasteiger partial charge in [0, 0.05) is 33.9 Å². The highest BCUT2D eigenvalue weighted by molar-refractivity contribution is 4.79. The standard InChI is InChI=1S/C12H27NO3/c1-5-12(14,6-2)11-13(7-9-15-3)8-10-16-4/h14H,5-11H2,1-4H3. The van der Waals surface area contributed by atoms with Crippen LogP contribution in [0, 0.1) is 0 Å². The number of methoxy groups -OCH3 is 2. The third-order valence-electron chi connectivity index (χ3n) is 3.06. The molecule has 0 radical (unpaired) electrons. The van der Waals surface area contributed by atoms with Gasteiger partial charge in [0.05, 0.1) is 18.8 Å². The molecule has 0 aromatic rings. The molecule has 98 valence electrons. The van der Waals surface area contributed by atoms with Crippen molar-refractivity contribution in [3.63, 3.8) is 0 Å². The monoisotopic (exact) mass is 233 g/mol. The van der Waals surface area contributed by atoms with Gasteiger partial charge in [0.15, 0.2) is 0 Å². The van der Waals surface area contributed by atoms with Gasteiger partial charge < -0.3 is 14.6 Å². The van der Waals surface area contributed by atoms with Gasteiger partial charge in [-0.1, -0.05) is 13.8 Å². The molecule has 4 nitrogen and oxygen atoms in total. The topological polar surface area (TPSA) is 41.9 Å². The molecule has 0 saturated heterocycles. The Kier molecular flexibility index (Phi) is 8.84. The summed E-state index contributed by atoms with van der Waals surface area (Å²) < 4.78 is 10.1. The lowest BCUT2D eigenvalue weighted by Gasteiger charge is -2.32. The molecule has 0 spiro atoms. The fourth-order valence-electron chi connectivity index (χ4n) is 1.60. The largest absolute Gasteiger partial charge is 0.389 e. The maximum Gasteiger partial charge on any atom is 0.0768 e. The summed E-state index contributed by atoms with van der Waals surface area (Å²) in [6.45, 7) is 7.78. The Morgan fingerprint density at radius 3 is 1.75 bits per heavy atom. The first-order valence-electron chi connectivity index (χ1n) is 6.04. The lowest BCUT2D eigenvalue weighted by atomic mass is 9.97. The molecule has 0 fully saturated rings. The molecule has 0 saturated carbocycles. The van der Waals surface area contributed by atoms with Crippen LogP contribution in [0.2, 0.25) is 0 Å². The van der Waals surface area contributed by atoms with E-state index in [4.69, 9.17) is 9.47 Å². The quantitative estimate of drug-likeness (QED) is 0.614. The minimum Gasteiger partial charge on any atom is -0.389 e. The summed E-state index contributed by atoms with van der Waals surface area (Å²) in [7, 11) is 3.39. The van der Waals surface area contributed by atoms with Crippen LogP contribution in [0.25, 0.3) is 0 Å². The molecule has 0 aromatic heterocycles. The Labute approximate surface area is 99.5 Å². The molecular formula is C12H27NO3. The van der Waals surface area contributed by atoms with E-state index < -0.39 is 5.60 Å². The summed E-state index contributed by atoms with van der Waals surface area (Å²) in [6.07, 6.45) is 1.56. The van der Waals surface area contributed by atoms with Crippen LogP contribution < -0.4 is 0 Å². The van der Waals surface area contributed by atoms with Crippen molar-refractivity contribution in [2.45, 2.75) is 32.3 Å². The van der Waals surface area contributed by atoms with Crippen LogP contribution in [0.15, 0.2) is 0 Å². The number of nitrogens with zero attached hydrogens (tertiary/aromatic N) is 1. The first-order chi connectivity index (χ1) is 7.61. The van der Waals surface area contributed by atoms with Crippen LogP contribution in [0.3, 0.4) is 0 Å². The van der Waals surface area contributed by atoms with Crippen LogP contribution in [0.1, 0.15) is 26.7 Å². The van der Waals surface area contributed by atoms with Crippen LogP contribution in [-0.4, -0.2) is 62.7 Å². The van der Waals surface area contributed by atoms with E-state index >= 15 is 0 Å². The molecular weight excluding hydrogens is 206 g/mol. The summed E-state index contributed by atoms with van der Waals surface area (Å²) in [5.74, 6) is 0. The molecule has 0 heterocycles. The molecule has 4 heteroatoms. The van der Waals surface area contributed by atoms with Gasteiger partial charge in [0.25, 0.3) is 0 Å². The molecule has 0 aliphatic carbocycles. The summed E-state index contributed by atoms with van der Waals surface area (Å²) in [6, 6.07) is 0. The van der Waals surface area contributed by atoms with E-state index in [1.165, 1.54) is 0 Å². The van der Waals surface area contributed by atoms with Crippen molar-refractivity contribution < 1.29 is 14.6 Å². The molecule has 0 rings (SSSR count). The van der Waals surface area contributed by atoms with E-state index in [9.17, 15) is 5.11 Å². The van der Waals surface area contributed by atoms with E-state index in [0.717, 1.165) is 25.9 Å². The van der Waals surface area contributed by atoms with Gasteiger partial charge in [-0.05, 0) is 12.8 Å². The fourth-order valence-corrected chi connectivity index (χ4v) is 1.60. The molecule has 0 aromatic carbocycles. The molecule has 0 atom stereocenters. The molecule has 0 unspecified atom stereocenters. The van der Waals surface area contributed by atoms with Crippen LogP contribution in [-0.2, 0) is 9.47 Å². The predicted molar refractivity (Wildman–Crippen MR) is 65.7 cm³/mol. The SMILES string of the molecule is CCC(O)(CC)CN(CCOC)CCOC. The van der Waals surface area contributed by atoms with Crippen molar-refractivity contribution in [3.05, 3.63) is 0 Å². The fraction of sp³-hybridized carbons (Fsp3) is 1.00. The first-order valence-corrected chi connectivity index (χ1v) is 6.04. The average molecular weight is 233 g/mol. The van der Waals surface area contributed by atoms with E-state index in [2.05, 4.69) is 4.90 Å². The predicted octanol–water partition coefficient (Wildman–Crippen LogP) is 1.13. The third kappa shape index (κ3) is 6.43. The molecule has 0 aliphatic heterocycles. The number of ether oxygens (including phenoxy) is 2. The Morgan fingerprint density at radius 1 is 1.00 bits per heavy atom. The number of hydrogen-bond donors (Lipinski definition) is 1. The number of rotatable bonds is 10. The highest BCUT2D eigenvalue weighted by atomic mass is 16.5. The van der Waals surface area contributed by atoms with Gasteiger partial charge in [-0.2, -0.15) is 0 Å². The zero-order valence-corrected chi connectivity index (χ0v) is 11.2. The third-order valence-corrected chi connectivity index (χ3v) is 3.06. The minimum atomic E-state index is -0.582. The first kappa shape index (κ1) is 15.8. The molecule has 0 amide bonds. The zero-order chi connectivity index (χ0) is 12.4. The second-order valence-electron chi connectivity index (χ2n) is 4.19. The van der Waals surface area contributed by atoms with Crippen LogP contribution in [0.5, 0.6) is 0 Å². The van der Waals surface area contributed by atoms with Crippen molar-refractivity contribution in [2.24, 2.45) is 0 Å². The minimum absolute atomic E-state index is 0.582. The van der Waals surface area contributed by atoms with Crippen molar-refractivity contribution in [1.82, 2.24) is 4.90 Å². The van der Waals surface area contributed by atoms with Gasteiger partial charge in [-0.3, -0.25) is 4.90 Å². The lowest BCUT2D eigenvalue weighted by molar-refractivity contribution is -0.0138. The second-order valence-corrected chi connectivity index (χ2v) is 4.19. The molecule has 1 N–H and O–H groups in total.